The average molecular weight is 445 g/mol. The Balaban J connectivity index is 2.32. The van der Waals surface area contributed by atoms with Gasteiger partial charge < -0.3 is 20.1 Å². The maximum atomic E-state index is 12.5. The summed E-state index contributed by atoms with van der Waals surface area (Å²) in [6.07, 6.45) is -0.622. The molecule has 0 saturated carbocycles. The topological polar surface area (TPSA) is 128 Å². The first-order valence-electron chi connectivity index (χ1n) is 9.80. The van der Waals surface area contributed by atoms with Crippen molar-refractivity contribution < 1.29 is 33.4 Å². The number of ketones is 2. The van der Waals surface area contributed by atoms with Gasteiger partial charge in [0.15, 0.2) is 5.79 Å². The summed E-state index contributed by atoms with van der Waals surface area (Å²) in [7, 11) is 0. The highest BCUT2D eigenvalue weighted by atomic mass is 32.2. The van der Waals surface area contributed by atoms with Crippen LogP contribution in [-0.2, 0) is 33.4 Å². The van der Waals surface area contributed by atoms with Crippen LogP contribution in [0.4, 0.5) is 0 Å². The zero-order valence-corrected chi connectivity index (χ0v) is 19.3. The number of amides is 2. The molecule has 0 aliphatic carbocycles. The van der Waals surface area contributed by atoms with Crippen molar-refractivity contribution in [3.05, 3.63) is 0 Å². The zero-order chi connectivity index (χ0) is 23.1. The lowest BCUT2D eigenvalue weighted by molar-refractivity contribution is -0.304. The van der Waals surface area contributed by atoms with E-state index in [4.69, 9.17) is 9.47 Å². The molecule has 1 aliphatic heterocycles. The van der Waals surface area contributed by atoms with E-state index < -0.39 is 39.9 Å². The van der Waals surface area contributed by atoms with Crippen LogP contribution in [0.15, 0.2) is 0 Å². The fraction of sp³-hybridized carbons (Fsp3) is 0.750. The molecule has 1 heterocycles. The SMILES string of the molecule is CC(=O)C(C(C)=O)C(=O)SCCNC(=O)CCNC(=O)[C@@H]1OC(C)(C)OCC1(C)C. The van der Waals surface area contributed by atoms with E-state index >= 15 is 0 Å². The summed E-state index contributed by atoms with van der Waals surface area (Å²) < 4.78 is 11.3. The van der Waals surface area contributed by atoms with E-state index in [2.05, 4.69) is 10.6 Å². The van der Waals surface area contributed by atoms with E-state index in [0.717, 1.165) is 11.8 Å². The van der Waals surface area contributed by atoms with Gasteiger partial charge in [0.25, 0.3) is 0 Å². The Morgan fingerprint density at radius 3 is 2.17 bits per heavy atom. The third-order valence-electron chi connectivity index (χ3n) is 4.51. The molecule has 9 nitrogen and oxygen atoms in total. The van der Waals surface area contributed by atoms with Crippen LogP contribution in [-0.4, -0.2) is 65.8 Å². The molecular formula is C20H32N2O7S. The summed E-state index contributed by atoms with van der Waals surface area (Å²) in [5.41, 5.74) is -0.497. The fourth-order valence-corrected chi connectivity index (χ4v) is 3.75. The van der Waals surface area contributed by atoms with Gasteiger partial charge in [-0.15, -0.1) is 0 Å². The number of hydrogen-bond acceptors (Lipinski definition) is 8. The molecule has 0 aromatic rings. The Hall–Kier alpha value is -1.78. The number of hydrogen-bond donors (Lipinski definition) is 2. The number of thioether (sulfide) groups is 1. The summed E-state index contributed by atoms with van der Waals surface area (Å²) in [6, 6.07) is 0. The minimum atomic E-state index is -1.25. The lowest BCUT2D eigenvalue weighted by Crippen LogP contribution is -2.56. The van der Waals surface area contributed by atoms with Gasteiger partial charge in [-0.05, 0) is 27.7 Å². The summed E-state index contributed by atoms with van der Waals surface area (Å²) >= 11 is 0.837. The molecule has 0 aromatic carbocycles. The second-order valence-electron chi connectivity index (χ2n) is 8.39. The monoisotopic (exact) mass is 444 g/mol. The van der Waals surface area contributed by atoms with Crippen LogP contribution in [0.3, 0.4) is 0 Å². The van der Waals surface area contributed by atoms with Crippen molar-refractivity contribution in [2.24, 2.45) is 11.3 Å². The minimum absolute atomic E-state index is 0.0703. The predicted octanol–water partition coefficient (Wildman–Crippen LogP) is 0.841. The molecule has 0 bridgehead atoms. The second-order valence-corrected chi connectivity index (χ2v) is 9.49. The number of ether oxygens (including phenoxy) is 2. The van der Waals surface area contributed by atoms with Crippen LogP contribution in [0, 0.1) is 11.3 Å². The lowest BCUT2D eigenvalue weighted by Gasteiger charge is -2.44. The Morgan fingerprint density at radius 2 is 1.60 bits per heavy atom. The molecule has 2 amide bonds. The maximum absolute atomic E-state index is 12.5. The summed E-state index contributed by atoms with van der Waals surface area (Å²) in [5, 5.41) is 4.83. The molecule has 1 aliphatic rings. The van der Waals surface area contributed by atoms with Crippen molar-refractivity contribution in [3.63, 3.8) is 0 Å². The Labute approximate surface area is 181 Å². The number of Topliss-reactive ketones (excluding diaryl/α,β-unsaturated/α-hetero) is 2. The van der Waals surface area contributed by atoms with Crippen LogP contribution < -0.4 is 10.6 Å². The smallest absolute Gasteiger partial charge is 0.249 e. The standard InChI is InChI=1S/C20H32N2O7S/c1-12(23)15(13(2)24)18(27)30-10-9-21-14(25)7-8-22-17(26)16-19(3,4)11-28-20(5,6)29-16/h15-16H,7-11H2,1-6H3,(H,21,25)(H,22,26)/t16-/m0/s1. The molecule has 30 heavy (non-hydrogen) atoms. The highest BCUT2D eigenvalue weighted by Crippen LogP contribution is 2.34. The van der Waals surface area contributed by atoms with E-state index in [1.54, 1.807) is 13.8 Å². The third-order valence-corrected chi connectivity index (χ3v) is 5.44. The van der Waals surface area contributed by atoms with Gasteiger partial charge in [0, 0.05) is 30.7 Å². The summed E-state index contributed by atoms with van der Waals surface area (Å²) in [5.74, 6) is -3.42. The number of nitrogens with one attached hydrogen (secondary N) is 2. The largest absolute Gasteiger partial charge is 0.355 e. The van der Waals surface area contributed by atoms with E-state index in [9.17, 15) is 24.0 Å². The molecule has 10 heteroatoms. The minimum Gasteiger partial charge on any atom is -0.355 e. The normalized spacial score (nSPS) is 19.8. The lowest BCUT2D eigenvalue weighted by atomic mass is 9.85. The zero-order valence-electron chi connectivity index (χ0n) is 18.5. The van der Waals surface area contributed by atoms with E-state index in [0.29, 0.717) is 6.61 Å². The third kappa shape index (κ3) is 8.16. The first kappa shape index (κ1) is 26.3. The molecule has 0 radical (unpaired) electrons. The van der Waals surface area contributed by atoms with E-state index in [-0.39, 0.29) is 37.1 Å². The van der Waals surface area contributed by atoms with Crippen LogP contribution in [0.1, 0.15) is 48.0 Å². The quantitative estimate of drug-likeness (QED) is 0.375. The first-order chi connectivity index (χ1) is 13.8. The van der Waals surface area contributed by atoms with Crippen molar-refractivity contribution in [3.8, 4) is 0 Å². The number of carbonyl (C=O) groups excluding carboxylic acids is 5. The van der Waals surface area contributed by atoms with E-state index in [1.165, 1.54) is 13.8 Å². The van der Waals surface area contributed by atoms with Crippen molar-refractivity contribution in [2.45, 2.75) is 59.9 Å². The van der Waals surface area contributed by atoms with Crippen molar-refractivity contribution in [1.82, 2.24) is 10.6 Å². The van der Waals surface area contributed by atoms with Gasteiger partial charge in [-0.25, -0.2) is 0 Å². The molecule has 1 fully saturated rings. The molecule has 1 rings (SSSR count). The first-order valence-corrected chi connectivity index (χ1v) is 10.8. The Morgan fingerprint density at radius 1 is 1.00 bits per heavy atom. The van der Waals surface area contributed by atoms with E-state index in [1.807, 2.05) is 13.8 Å². The highest BCUT2D eigenvalue weighted by Gasteiger charge is 2.45. The van der Waals surface area contributed by atoms with Gasteiger partial charge in [-0.1, -0.05) is 25.6 Å². The van der Waals surface area contributed by atoms with Crippen molar-refractivity contribution >= 4 is 40.3 Å². The molecule has 1 atom stereocenters. The maximum Gasteiger partial charge on any atom is 0.249 e. The van der Waals surface area contributed by atoms with Gasteiger partial charge in [-0.3, -0.25) is 24.0 Å². The Bertz CT molecular complexity index is 677. The predicted molar refractivity (Wildman–Crippen MR) is 112 cm³/mol. The van der Waals surface area contributed by atoms with Crippen molar-refractivity contribution in [2.75, 3.05) is 25.4 Å². The number of carbonyl (C=O) groups is 5. The molecule has 2 N–H and O–H groups in total. The molecule has 170 valence electrons. The van der Waals surface area contributed by atoms with Gasteiger partial charge >= 0.3 is 0 Å². The molecule has 0 spiro atoms. The fourth-order valence-electron chi connectivity index (χ4n) is 2.85. The molecular weight excluding hydrogens is 412 g/mol. The summed E-state index contributed by atoms with van der Waals surface area (Å²) in [6.45, 7) is 10.4. The average Bonchev–Trinajstić information content (AvgIpc) is 2.60. The second kappa shape index (κ2) is 11.0. The van der Waals surface area contributed by atoms with Gasteiger partial charge in [-0.2, -0.15) is 0 Å². The van der Waals surface area contributed by atoms with Crippen LogP contribution in [0.2, 0.25) is 0 Å². The summed E-state index contributed by atoms with van der Waals surface area (Å²) in [4.78, 5) is 59.0. The van der Waals surface area contributed by atoms with Crippen molar-refractivity contribution in [1.29, 1.82) is 0 Å². The molecule has 0 unspecified atom stereocenters. The van der Waals surface area contributed by atoms with Gasteiger partial charge in [0.05, 0.1) is 6.61 Å². The van der Waals surface area contributed by atoms with Crippen LogP contribution >= 0.6 is 11.8 Å². The molecule has 1 saturated heterocycles. The van der Waals surface area contributed by atoms with Crippen LogP contribution in [0.5, 0.6) is 0 Å². The Kier molecular flexibility index (Phi) is 9.64. The van der Waals surface area contributed by atoms with Crippen LogP contribution in [0.25, 0.3) is 0 Å². The highest BCUT2D eigenvalue weighted by molar-refractivity contribution is 8.13. The number of rotatable bonds is 10. The van der Waals surface area contributed by atoms with Gasteiger partial charge in [0.1, 0.15) is 23.6 Å². The van der Waals surface area contributed by atoms with Gasteiger partial charge in [0.2, 0.25) is 16.9 Å². The molecule has 0 aromatic heterocycles.